The zero-order valence-corrected chi connectivity index (χ0v) is 51.8. The number of esters is 3. The molecule has 1 saturated heterocycles. The maximum Gasteiger partial charge on any atom is 0.408 e. The van der Waals surface area contributed by atoms with E-state index < -0.39 is 112 Å². The first-order valence-electron chi connectivity index (χ1n) is 27.3. The number of rotatable bonds is 22. The van der Waals surface area contributed by atoms with Crippen LogP contribution in [0.3, 0.4) is 0 Å². The zero-order chi connectivity index (χ0) is 56.9. The second-order valence-electron chi connectivity index (χ2n) is 22.4. The van der Waals surface area contributed by atoms with Gasteiger partial charge in [-0.3, -0.25) is 9.59 Å². The average molecular weight is 1300 g/mol. The first-order valence-corrected chi connectivity index (χ1v) is 27.3. The molecular weight excluding hydrogens is 1220 g/mol. The number of ketones is 1. The van der Waals surface area contributed by atoms with Gasteiger partial charge in [-0.05, 0) is 108 Å². The maximum absolute atomic E-state index is 15.8. The van der Waals surface area contributed by atoms with Crippen LogP contribution < -0.4 is 5.32 Å². The monoisotopic (exact) mass is 1300 g/mol. The summed E-state index contributed by atoms with van der Waals surface area (Å²) in [6.07, 6.45) is 18.6. The molecule has 16 heteroatoms. The normalized spacial score (nSPS) is 28.4. The number of allylic oxidation sites excluding steroid dienone is 12. The molecule has 2 saturated carbocycles. The summed E-state index contributed by atoms with van der Waals surface area (Å²) in [5.41, 5.74) is -8.47. The number of ether oxygens (including phenoxy) is 5. The first kappa shape index (κ1) is 65.0. The Bertz CT molecular complexity index is 2630. The van der Waals surface area contributed by atoms with Crippen molar-refractivity contribution in [1.29, 1.82) is 0 Å². The Morgan fingerprint density at radius 2 is 1.32 bits per heavy atom. The van der Waals surface area contributed by atoms with Crippen LogP contribution in [0.25, 0.3) is 0 Å². The second kappa shape index (κ2) is 28.8. The quantitative estimate of drug-likeness (QED) is 0.0421. The molecule has 1 amide bonds. The van der Waals surface area contributed by atoms with Crippen LogP contribution in [0.4, 0.5) is 4.79 Å². The second-order valence-corrected chi connectivity index (χ2v) is 22.4. The van der Waals surface area contributed by atoms with Gasteiger partial charge in [-0.2, -0.15) is 0 Å². The summed E-state index contributed by atoms with van der Waals surface area (Å²) in [4.78, 5) is 71.9. The number of fused-ring (bicyclic) bond motifs is 5. The van der Waals surface area contributed by atoms with Crippen LogP contribution in [0, 0.1) is 60.8 Å². The summed E-state index contributed by atoms with van der Waals surface area (Å²) in [5.74, 6) is -5.40. The van der Waals surface area contributed by atoms with E-state index >= 15 is 4.79 Å². The molecule has 6 rings (SSSR count). The molecule has 0 aromatic heterocycles. The van der Waals surface area contributed by atoms with E-state index in [4.69, 9.17) is 23.7 Å². The Morgan fingerprint density at radius 1 is 0.785 bits per heavy atom. The fraction of sp³-hybridized carbons (Fsp3) is 0.508. The van der Waals surface area contributed by atoms with Crippen molar-refractivity contribution in [2.45, 2.75) is 179 Å². The number of alkyl carbamates (subject to hydrolysis) is 1. The van der Waals surface area contributed by atoms with Gasteiger partial charge in [0.15, 0.2) is 18.0 Å². The summed E-state index contributed by atoms with van der Waals surface area (Å²) in [5, 5.41) is 53.1. The minimum atomic E-state index is -2.40. The minimum absolute atomic E-state index is 0. The van der Waals surface area contributed by atoms with E-state index in [0.29, 0.717) is 12.0 Å². The van der Waals surface area contributed by atoms with E-state index in [9.17, 15) is 39.6 Å². The summed E-state index contributed by atoms with van der Waals surface area (Å²) < 4.78 is 30.1. The third-order valence-electron chi connectivity index (χ3n) is 15.6. The van der Waals surface area contributed by atoms with Gasteiger partial charge in [0.1, 0.15) is 29.0 Å². The van der Waals surface area contributed by atoms with E-state index in [2.05, 4.69) is 66.9 Å². The van der Waals surface area contributed by atoms with E-state index in [1.54, 1.807) is 90.1 Å². The molecule has 5 N–H and O–H groups in total. The topological polar surface area (TPSA) is 224 Å². The SMILES string of the molecule is CC/C=C\C/C=C\C/C=C\C/C=C\C/C=C\C/C=C\CCC(=O)OC1C(=O)C2(C)C(O)CC3OCC3(O)C2C(OC(=O)c2ccccc2)C2(O)CC(OC(=O)C(O)C(NC(=O)OC(C)(C)C)c3ccccc3)C(C)=C1C2(C)C.[Ac]. The molecule has 3 fully saturated rings. The molecule has 1 heterocycles. The maximum atomic E-state index is 15.8. The number of carbonyl (C=O) groups is 5. The van der Waals surface area contributed by atoms with Crippen molar-refractivity contribution in [3.63, 3.8) is 0 Å². The van der Waals surface area contributed by atoms with Gasteiger partial charge in [-0.1, -0.05) is 142 Å². The predicted molar refractivity (Wildman–Crippen MR) is 295 cm³/mol. The summed E-state index contributed by atoms with van der Waals surface area (Å²) in [7, 11) is 0. The van der Waals surface area contributed by atoms with Crippen molar-refractivity contribution in [3.8, 4) is 0 Å². The molecule has 0 spiro atoms. The Hall–Kier alpha value is -4.79. The van der Waals surface area contributed by atoms with Gasteiger partial charge in [0.2, 0.25) is 0 Å². The molecule has 79 heavy (non-hydrogen) atoms. The van der Waals surface area contributed by atoms with Crippen LogP contribution in [0.5, 0.6) is 0 Å². The molecule has 1 aliphatic heterocycles. The van der Waals surface area contributed by atoms with Crippen molar-refractivity contribution >= 4 is 29.8 Å². The van der Waals surface area contributed by atoms with Crippen molar-refractivity contribution in [2.75, 3.05) is 6.61 Å². The van der Waals surface area contributed by atoms with Crippen LogP contribution >= 0.6 is 0 Å². The van der Waals surface area contributed by atoms with Gasteiger partial charge in [-0.25, -0.2) is 14.4 Å². The number of aliphatic hydroxyl groups is 4. The number of hydrogen-bond donors (Lipinski definition) is 5. The molecule has 15 nitrogen and oxygen atoms in total. The van der Waals surface area contributed by atoms with Crippen molar-refractivity contribution in [2.24, 2.45) is 16.7 Å². The Balaban J connectivity index is 0.0000115. The summed E-state index contributed by atoms with van der Waals surface area (Å²) >= 11 is 0. The standard InChI is InChI=1S/C63H81NO14.Ac/c1-9-10-11-12-13-14-15-16-17-18-19-20-21-22-23-24-25-26-33-38-48(66)76-52-49-42(2)45(75-57(70)51(67)50(43-34-29-27-30-35-43)64-58(71)78-59(3,4)5)40-63(73,60(49,6)7)55(77-56(69)44-36-31-28-32-37-44)53-61(8,54(52)68)46(65)39-47-62(53,72)41-74-47;/h10-11,13-14,16-17,19-20,22-23,25-32,34-37,45-47,50-53,55,65,67,72-73H,9,12,15,18,21,24,33,38-41H2,1-8H3,(H,64,71);/b11-10-,14-13-,17-16-,20-19-,23-22-,26-25-;. The minimum Gasteiger partial charge on any atom is -0.456 e. The van der Waals surface area contributed by atoms with Gasteiger partial charge in [-0.15, -0.1) is 0 Å². The fourth-order valence-electron chi connectivity index (χ4n) is 11.3. The molecule has 425 valence electrons. The third kappa shape index (κ3) is 15.4. The van der Waals surface area contributed by atoms with E-state index in [1.165, 1.54) is 19.1 Å². The number of aliphatic hydroxyl groups excluding tert-OH is 2. The van der Waals surface area contributed by atoms with Crippen LogP contribution in [0.2, 0.25) is 0 Å². The van der Waals surface area contributed by atoms with Gasteiger partial charge in [0.25, 0.3) is 0 Å². The van der Waals surface area contributed by atoms with Crippen LogP contribution in [0.1, 0.15) is 142 Å². The largest absolute Gasteiger partial charge is 0.456 e. The summed E-state index contributed by atoms with van der Waals surface area (Å²) in [6.45, 7) is 12.9. The zero-order valence-electron chi connectivity index (χ0n) is 47.0. The van der Waals surface area contributed by atoms with Crippen LogP contribution in [-0.4, -0.2) is 110 Å². The number of nitrogens with one attached hydrogen (secondary N) is 1. The molecule has 11 atom stereocenters. The molecule has 11 unspecified atom stereocenters. The van der Waals surface area contributed by atoms with Crippen LogP contribution in [-0.2, 0) is 38.1 Å². The number of carbonyl (C=O) groups excluding carboxylic acids is 5. The Labute approximate surface area is 501 Å². The van der Waals surface area contributed by atoms with Crippen molar-refractivity contribution < 1.29 is 112 Å². The van der Waals surface area contributed by atoms with Gasteiger partial charge >= 0.3 is 24.0 Å². The average Bonchev–Trinajstić information content (AvgIpc) is 3.32. The van der Waals surface area contributed by atoms with E-state index in [-0.39, 0.29) is 86.6 Å². The van der Waals surface area contributed by atoms with E-state index in [1.807, 2.05) is 18.2 Å². The van der Waals surface area contributed by atoms with Crippen molar-refractivity contribution in [1.82, 2.24) is 5.32 Å². The summed E-state index contributed by atoms with van der Waals surface area (Å²) in [6, 6.07) is 14.7. The number of hydrogen-bond acceptors (Lipinski definition) is 14. The smallest absolute Gasteiger partial charge is 0.408 e. The molecule has 3 aliphatic carbocycles. The van der Waals surface area contributed by atoms with Crippen molar-refractivity contribution in [3.05, 3.63) is 156 Å². The number of amides is 1. The number of Topliss-reactive ketones (excluding diaryl/α,β-unsaturated/α-hetero) is 1. The number of benzene rings is 2. The molecule has 2 aromatic rings. The Kier molecular flexibility index (Phi) is 23.7. The first-order chi connectivity index (χ1) is 37.0. The van der Waals surface area contributed by atoms with Gasteiger partial charge in [0, 0.05) is 74.7 Å². The van der Waals surface area contributed by atoms with Crippen LogP contribution in [0.15, 0.2) is 145 Å². The molecule has 2 aromatic carbocycles. The third-order valence-corrected chi connectivity index (χ3v) is 15.6. The fourth-order valence-corrected chi connectivity index (χ4v) is 11.3. The van der Waals surface area contributed by atoms with Gasteiger partial charge in [0.05, 0.1) is 35.8 Å². The van der Waals surface area contributed by atoms with E-state index in [0.717, 1.165) is 32.1 Å². The molecule has 1 radical (unpaired) electrons. The molecule has 2 bridgehead atoms. The predicted octanol–water partition coefficient (Wildman–Crippen LogP) is 9.72. The molecule has 4 aliphatic rings. The Morgan fingerprint density at radius 3 is 1.84 bits per heavy atom. The molecular formula is C63H81AcNO14. The van der Waals surface area contributed by atoms with Gasteiger partial charge < -0.3 is 49.4 Å².